The van der Waals surface area contributed by atoms with Crippen LogP contribution in [0.3, 0.4) is 0 Å². The Hall–Kier alpha value is -1.40. The average Bonchev–Trinajstić information content (AvgIpc) is 3.00. The van der Waals surface area contributed by atoms with E-state index in [1.807, 2.05) is 16.3 Å². The van der Waals surface area contributed by atoms with Crippen LogP contribution in [0.4, 0.5) is 0 Å². The van der Waals surface area contributed by atoms with Crippen molar-refractivity contribution < 1.29 is 14.3 Å². The first-order valence-electron chi connectivity index (χ1n) is 7.31. The van der Waals surface area contributed by atoms with E-state index in [-0.39, 0.29) is 24.5 Å². The second kappa shape index (κ2) is 8.14. The fourth-order valence-corrected chi connectivity index (χ4v) is 3.31. The van der Waals surface area contributed by atoms with Gasteiger partial charge in [0.05, 0.1) is 13.7 Å². The second-order valence-corrected chi connectivity index (χ2v) is 6.22. The van der Waals surface area contributed by atoms with E-state index < -0.39 is 0 Å². The molecule has 5 nitrogen and oxygen atoms in total. The number of carbonyl (C=O) groups excluding carboxylic acids is 2. The van der Waals surface area contributed by atoms with Crippen molar-refractivity contribution >= 4 is 23.2 Å². The Morgan fingerprint density at radius 3 is 3.05 bits per heavy atom. The molecule has 1 aromatic heterocycles. The van der Waals surface area contributed by atoms with Crippen LogP contribution in [-0.4, -0.2) is 49.6 Å². The number of rotatable bonds is 6. The van der Waals surface area contributed by atoms with Crippen LogP contribution in [-0.2, 0) is 20.7 Å². The summed E-state index contributed by atoms with van der Waals surface area (Å²) in [5.74, 6) is -0.261. The number of likely N-dealkylation sites (tertiary alicyclic amines) is 1. The minimum absolute atomic E-state index is 0.0256. The van der Waals surface area contributed by atoms with Gasteiger partial charge in [-0.05, 0) is 37.3 Å². The third kappa shape index (κ3) is 4.82. The van der Waals surface area contributed by atoms with Crippen molar-refractivity contribution in [2.24, 2.45) is 0 Å². The standard InChI is InChI=1S/C15H22N2O3S/c1-20-15(19)13-6-2-3-9-17(13)11-14(18)16-8-7-12-5-4-10-21-12/h4-5,10,13H,2-3,6-9,11H2,1H3,(H,16,18)/t13-/m1/s1. The van der Waals surface area contributed by atoms with E-state index in [1.54, 1.807) is 11.3 Å². The minimum Gasteiger partial charge on any atom is -0.468 e. The second-order valence-electron chi connectivity index (χ2n) is 5.18. The maximum absolute atomic E-state index is 12.0. The van der Waals surface area contributed by atoms with Crippen molar-refractivity contribution in [3.8, 4) is 0 Å². The lowest BCUT2D eigenvalue weighted by Crippen LogP contribution is -2.49. The SMILES string of the molecule is COC(=O)[C@H]1CCCCN1CC(=O)NCCc1cccs1. The summed E-state index contributed by atoms with van der Waals surface area (Å²) in [5, 5.41) is 4.95. The van der Waals surface area contributed by atoms with Crippen LogP contribution in [0.25, 0.3) is 0 Å². The molecule has 1 aliphatic rings. The molecule has 1 N–H and O–H groups in total. The van der Waals surface area contributed by atoms with Gasteiger partial charge in [-0.25, -0.2) is 0 Å². The summed E-state index contributed by atoms with van der Waals surface area (Å²) in [4.78, 5) is 26.9. The van der Waals surface area contributed by atoms with Gasteiger partial charge >= 0.3 is 5.97 Å². The number of carbonyl (C=O) groups is 2. The van der Waals surface area contributed by atoms with Crippen LogP contribution in [0.15, 0.2) is 17.5 Å². The van der Waals surface area contributed by atoms with E-state index in [0.29, 0.717) is 6.54 Å². The number of ether oxygens (including phenoxy) is 1. The third-order valence-electron chi connectivity index (χ3n) is 3.71. The highest BCUT2D eigenvalue weighted by Gasteiger charge is 2.30. The molecule has 1 amide bonds. The Morgan fingerprint density at radius 2 is 2.33 bits per heavy atom. The minimum atomic E-state index is -0.271. The molecule has 6 heteroatoms. The molecule has 2 heterocycles. The van der Waals surface area contributed by atoms with E-state index in [0.717, 1.165) is 32.2 Å². The fourth-order valence-electron chi connectivity index (χ4n) is 2.60. The van der Waals surface area contributed by atoms with E-state index >= 15 is 0 Å². The lowest BCUT2D eigenvalue weighted by molar-refractivity contribution is -0.148. The van der Waals surface area contributed by atoms with Crippen LogP contribution >= 0.6 is 11.3 Å². The predicted molar refractivity (Wildman–Crippen MR) is 82.3 cm³/mol. The Labute approximate surface area is 129 Å². The molecular weight excluding hydrogens is 288 g/mol. The normalized spacial score (nSPS) is 19.2. The van der Waals surface area contributed by atoms with Crippen molar-refractivity contribution in [3.63, 3.8) is 0 Å². The zero-order valence-electron chi connectivity index (χ0n) is 12.3. The van der Waals surface area contributed by atoms with Crippen LogP contribution in [0.2, 0.25) is 0 Å². The molecule has 0 aromatic carbocycles. The number of thiophene rings is 1. The summed E-state index contributed by atoms with van der Waals surface area (Å²) in [5.41, 5.74) is 0. The summed E-state index contributed by atoms with van der Waals surface area (Å²) in [7, 11) is 1.40. The lowest BCUT2D eigenvalue weighted by atomic mass is 10.0. The molecule has 2 rings (SSSR count). The van der Waals surface area contributed by atoms with E-state index in [1.165, 1.54) is 12.0 Å². The quantitative estimate of drug-likeness (QED) is 0.808. The number of methoxy groups -OCH3 is 1. The van der Waals surface area contributed by atoms with Gasteiger partial charge in [0.2, 0.25) is 5.91 Å². The molecule has 0 bridgehead atoms. The zero-order chi connectivity index (χ0) is 15.1. The van der Waals surface area contributed by atoms with Gasteiger partial charge in [0.15, 0.2) is 0 Å². The van der Waals surface area contributed by atoms with Gasteiger partial charge in [0.25, 0.3) is 0 Å². The predicted octanol–water partition coefficient (Wildman–Crippen LogP) is 1.43. The van der Waals surface area contributed by atoms with Gasteiger partial charge in [-0.2, -0.15) is 0 Å². The summed E-state index contributed by atoms with van der Waals surface area (Å²) in [6, 6.07) is 3.80. The van der Waals surface area contributed by atoms with E-state index in [2.05, 4.69) is 11.4 Å². The molecule has 0 aliphatic carbocycles. The summed E-state index contributed by atoms with van der Waals surface area (Å²) in [6.07, 6.45) is 3.66. The molecule has 21 heavy (non-hydrogen) atoms. The van der Waals surface area contributed by atoms with E-state index in [9.17, 15) is 9.59 Å². The molecule has 0 unspecified atom stereocenters. The summed E-state index contributed by atoms with van der Waals surface area (Å²) < 4.78 is 4.82. The number of hydrogen-bond donors (Lipinski definition) is 1. The molecule has 1 fully saturated rings. The van der Waals surface area contributed by atoms with Crippen molar-refractivity contribution in [2.45, 2.75) is 31.7 Å². The van der Waals surface area contributed by atoms with Crippen LogP contribution in [0.1, 0.15) is 24.1 Å². The largest absolute Gasteiger partial charge is 0.468 e. The number of nitrogens with zero attached hydrogens (tertiary/aromatic N) is 1. The van der Waals surface area contributed by atoms with Crippen LogP contribution < -0.4 is 5.32 Å². The molecule has 1 atom stereocenters. The first-order valence-corrected chi connectivity index (χ1v) is 8.19. The topological polar surface area (TPSA) is 58.6 Å². The number of esters is 1. The smallest absolute Gasteiger partial charge is 0.323 e. The number of nitrogens with one attached hydrogen (secondary N) is 1. The van der Waals surface area contributed by atoms with Crippen LogP contribution in [0.5, 0.6) is 0 Å². The maximum atomic E-state index is 12.0. The van der Waals surface area contributed by atoms with Gasteiger partial charge in [-0.15, -0.1) is 11.3 Å². The molecule has 1 aliphatic heterocycles. The average molecular weight is 310 g/mol. The van der Waals surface area contributed by atoms with E-state index in [4.69, 9.17) is 4.74 Å². The molecule has 0 saturated carbocycles. The zero-order valence-corrected chi connectivity index (χ0v) is 13.2. The monoisotopic (exact) mass is 310 g/mol. The lowest BCUT2D eigenvalue weighted by Gasteiger charge is -2.32. The number of piperidine rings is 1. The van der Waals surface area contributed by atoms with Gasteiger partial charge in [-0.1, -0.05) is 12.5 Å². The molecule has 1 saturated heterocycles. The maximum Gasteiger partial charge on any atom is 0.323 e. The Kier molecular flexibility index (Phi) is 6.20. The highest BCUT2D eigenvalue weighted by molar-refractivity contribution is 7.09. The molecule has 0 radical (unpaired) electrons. The first kappa shape index (κ1) is 16.0. The van der Waals surface area contributed by atoms with Gasteiger partial charge in [0.1, 0.15) is 6.04 Å². The Morgan fingerprint density at radius 1 is 1.48 bits per heavy atom. The van der Waals surface area contributed by atoms with Crippen molar-refractivity contribution in [3.05, 3.63) is 22.4 Å². The van der Waals surface area contributed by atoms with Crippen molar-refractivity contribution in [1.82, 2.24) is 10.2 Å². The highest BCUT2D eigenvalue weighted by atomic mass is 32.1. The fraction of sp³-hybridized carbons (Fsp3) is 0.600. The summed E-state index contributed by atoms with van der Waals surface area (Å²) in [6.45, 7) is 1.68. The molecule has 116 valence electrons. The number of amides is 1. The molecular formula is C15H22N2O3S. The Balaban J connectivity index is 1.76. The summed E-state index contributed by atoms with van der Waals surface area (Å²) >= 11 is 1.69. The van der Waals surface area contributed by atoms with Crippen molar-refractivity contribution in [1.29, 1.82) is 0 Å². The Bertz CT molecular complexity index is 461. The number of hydrogen-bond acceptors (Lipinski definition) is 5. The first-order chi connectivity index (χ1) is 10.2. The molecule has 0 spiro atoms. The highest BCUT2D eigenvalue weighted by Crippen LogP contribution is 2.17. The van der Waals surface area contributed by atoms with Gasteiger partial charge < -0.3 is 10.1 Å². The molecule has 1 aromatic rings. The van der Waals surface area contributed by atoms with Crippen molar-refractivity contribution in [2.75, 3.05) is 26.7 Å². The van der Waals surface area contributed by atoms with Crippen LogP contribution in [0, 0.1) is 0 Å². The third-order valence-corrected chi connectivity index (χ3v) is 4.64. The van der Waals surface area contributed by atoms with Gasteiger partial charge in [0, 0.05) is 11.4 Å². The van der Waals surface area contributed by atoms with Gasteiger partial charge in [-0.3, -0.25) is 14.5 Å².